The molecule has 0 saturated heterocycles. The maximum Gasteiger partial charge on any atom is 0.255 e. The van der Waals surface area contributed by atoms with Crippen LogP contribution in [0.4, 0.5) is 5.69 Å². The Morgan fingerprint density at radius 3 is 2.48 bits per heavy atom. The number of hydrogen-bond acceptors (Lipinski definition) is 5. The second kappa shape index (κ2) is 7.86. The van der Waals surface area contributed by atoms with Gasteiger partial charge in [-0.15, -0.1) is 0 Å². The summed E-state index contributed by atoms with van der Waals surface area (Å²) >= 11 is 0. The lowest BCUT2D eigenvalue weighted by atomic mass is 9.98. The summed E-state index contributed by atoms with van der Waals surface area (Å²) in [6.45, 7) is 3.32. The molecule has 2 heterocycles. The summed E-state index contributed by atoms with van der Waals surface area (Å²) < 4.78 is 32.0. The highest BCUT2D eigenvalue weighted by molar-refractivity contribution is 7.92. The summed E-state index contributed by atoms with van der Waals surface area (Å²) in [5.74, 6) is 0.195. The number of aryl methyl sites for hydroxylation is 1. The Labute approximate surface area is 181 Å². The van der Waals surface area contributed by atoms with Gasteiger partial charge in [0, 0.05) is 49.8 Å². The number of anilines is 1. The number of sulfonamides is 1. The Balaban J connectivity index is 2.04. The molecule has 162 valence electrons. The summed E-state index contributed by atoms with van der Waals surface area (Å²) in [5.41, 5.74) is 5.01. The van der Waals surface area contributed by atoms with E-state index in [1.807, 2.05) is 43.3 Å². The van der Waals surface area contributed by atoms with Crippen LogP contribution >= 0.6 is 0 Å². The zero-order valence-corrected chi connectivity index (χ0v) is 18.8. The van der Waals surface area contributed by atoms with Gasteiger partial charge in [0.1, 0.15) is 11.3 Å². The molecule has 0 spiro atoms. The van der Waals surface area contributed by atoms with E-state index in [-0.39, 0.29) is 5.91 Å². The minimum atomic E-state index is -3.49. The monoisotopic (exact) mass is 439 g/mol. The van der Waals surface area contributed by atoms with Crippen molar-refractivity contribution in [1.82, 2.24) is 10.6 Å². The molecule has 1 amide bonds. The third-order valence-electron chi connectivity index (χ3n) is 5.57. The molecule has 1 aliphatic rings. The first-order valence-corrected chi connectivity index (χ1v) is 11.8. The molecule has 4 rings (SSSR count). The molecule has 0 aliphatic carbocycles. The average molecular weight is 440 g/mol. The van der Waals surface area contributed by atoms with Crippen LogP contribution in [-0.2, 0) is 10.0 Å². The fourth-order valence-corrected chi connectivity index (χ4v) is 4.28. The van der Waals surface area contributed by atoms with Gasteiger partial charge in [-0.05, 0) is 18.6 Å². The summed E-state index contributed by atoms with van der Waals surface area (Å²) in [6.07, 6.45) is 3.19. The molecule has 31 heavy (non-hydrogen) atoms. The van der Waals surface area contributed by atoms with Crippen LogP contribution in [-0.4, -0.2) is 47.8 Å². The van der Waals surface area contributed by atoms with Crippen LogP contribution < -0.4 is 14.9 Å². The van der Waals surface area contributed by atoms with E-state index in [1.165, 1.54) is 11.4 Å². The normalized spacial score (nSPS) is 14.0. The number of fused-ring (bicyclic) bond motifs is 1. The molecular formula is C23H25N3O4S. The number of carbonyl (C=O) groups is 1. The minimum absolute atomic E-state index is 0.261. The van der Waals surface area contributed by atoms with E-state index >= 15 is 0 Å². The molecule has 7 nitrogen and oxygen atoms in total. The van der Waals surface area contributed by atoms with Gasteiger partial charge in [0.05, 0.1) is 17.5 Å². The van der Waals surface area contributed by atoms with Crippen molar-refractivity contribution < 1.29 is 17.6 Å². The van der Waals surface area contributed by atoms with Gasteiger partial charge in [0.25, 0.3) is 5.91 Å². The predicted octanol–water partition coefficient (Wildman–Crippen LogP) is 3.15. The van der Waals surface area contributed by atoms with Gasteiger partial charge in [-0.3, -0.25) is 9.10 Å². The standard InChI is InChI=1S/C23H25N3O4S/c1-14-5-7-15(8-6-14)22-21(23(27)24-2)18-11-17(16-9-10-25-13-16)19(12-20(18)30-22)26(3)31(4,28)29/h5-9,11-12,25H,10,13H2,1-4H3,(H,24,27). The Morgan fingerprint density at radius 1 is 1.19 bits per heavy atom. The highest BCUT2D eigenvalue weighted by atomic mass is 32.2. The van der Waals surface area contributed by atoms with E-state index in [4.69, 9.17) is 4.42 Å². The zero-order chi connectivity index (χ0) is 22.3. The number of nitrogens with zero attached hydrogens (tertiary/aromatic N) is 1. The average Bonchev–Trinajstić information content (AvgIpc) is 3.39. The molecule has 0 unspecified atom stereocenters. The molecule has 0 radical (unpaired) electrons. The van der Waals surface area contributed by atoms with Crippen LogP contribution in [0.3, 0.4) is 0 Å². The van der Waals surface area contributed by atoms with Crippen molar-refractivity contribution in [3.8, 4) is 11.3 Å². The quantitative estimate of drug-likeness (QED) is 0.637. The van der Waals surface area contributed by atoms with Crippen molar-refractivity contribution in [3.05, 3.63) is 59.2 Å². The van der Waals surface area contributed by atoms with Crippen molar-refractivity contribution in [2.24, 2.45) is 0 Å². The van der Waals surface area contributed by atoms with Gasteiger partial charge < -0.3 is 15.1 Å². The van der Waals surface area contributed by atoms with Crippen LogP contribution in [0.1, 0.15) is 21.5 Å². The summed E-state index contributed by atoms with van der Waals surface area (Å²) in [6, 6.07) is 11.3. The van der Waals surface area contributed by atoms with Gasteiger partial charge in [0.2, 0.25) is 10.0 Å². The Morgan fingerprint density at radius 2 is 1.90 bits per heavy atom. The largest absolute Gasteiger partial charge is 0.455 e. The van der Waals surface area contributed by atoms with E-state index in [0.29, 0.717) is 41.1 Å². The number of benzene rings is 2. The van der Waals surface area contributed by atoms with E-state index in [9.17, 15) is 13.2 Å². The van der Waals surface area contributed by atoms with Crippen molar-refractivity contribution in [1.29, 1.82) is 0 Å². The molecule has 0 saturated carbocycles. The smallest absolute Gasteiger partial charge is 0.255 e. The maximum atomic E-state index is 12.9. The Hall–Kier alpha value is -3.10. The Bertz CT molecular complexity index is 1300. The Kier molecular flexibility index (Phi) is 5.36. The SMILES string of the molecule is CNC(=O)c1c(-c2ccc(C)cc2)oc2cc(N(C)S(C)(=O)=O)c(C3=CCNC3)cc12. The highest BCUT2D eigenvalue weighted by Gasteiger charge is 2.26. The highest BCUT2D eigenvalue weighted by Crippen LogP contribution is 2.40. The lowest BCUT2D eigenvalue weighted by molar-refractivity contribution is 0.0964. The number of furan rings is 1. The van der Waals surface area contributed by atoms with Crippen molar-refractivity contribution in [3.63, 3.8) is 0 Å². The van der Waals surface area contributed by atoms with E-state index in [0.717, 1.165) is 28.5 Å². The fraction of sp³-hybridized carbons (Fsp3) is 0.261. The lowest BCUT2D eigenvalue weighted by Gasteiger charge is -2.21. The third-order valence-corrected chi connectivity index (χ3v) is 6.76. The van der Waals surface area contributed by atoms with E-state index in [1.54, 1.807) is 13.1 Å². The molecule has 2 aromatic carbocycles. The van der Waals surface area contributed by atoms with Crippen LogP contribution in [0.2, 0.25) is 0 Å². The maximum absolute atomic E-state index is 12.9. The number of carbonyl (C=O) groups excluding carboxylic acids is 1. The van der Waals surface area contributed by atoms with E-state index < -0.39 is 10.0 Å². The summed E-state index contributed by atoms with van der Waals surface area (Å²) in [7, 11) is -0.393. The molecule has 0 fully saturated rings. The molecule has 8 heteroatoms. The molecule has 0 bridgehead atoms. The lowest BCUT2D eigenvalue weighted by Crippen LogP contribution is -2.26. The molecule has 1 aromatic heterocycles. The summed E-state index contributed by atoms with van der Waals surface area (Å²) in [5, 5.41) is 6.59. The van der Waals surface area contributed by atoms with Crippen molar-refractivity contribution in [2.75, 3.05) is 37.7 Å². The summed E-state index contributed by atoms with van der Waals surface area (Å²) in [4.78, 5) is 12.9. The molecule has 3 aromatic rings. The molecule has 1 aliphatic heterocycles. The first kappa shape index (κ1) is 21.1. The molecule has 2 N–H and O–H groups in total. The number of rotatable bonds is 5. The number of nitrogens with one attached hydrogen (secondary N) is 2. The fourth-order valence-electron chi connectivity index (χ4n) is 3.77. The first-order valence-electron chi connectivity index (χ1n) is 9.94. The second-order valence-electron chi connectivity index (χ2n) is 7.71. The molecule has 0 atom stereocenters. The van der Waals surface area contributed by atoms with Gasteiger partial charge in [-0.2, -0.15) is 0 Å². The van der Waals surface area contributed by atoms with Crippen molar-refractivity contribution in [2.45, 2.75) is 6.92 Å². The second-order valence-corrected chi connectivity index (χ2v) is 9.72. The topological polar surface area (TPSA) is 91.7 Å². The molecular weight excluding hydrogens is 414 g/mol. The van der Waals surface area contributed by atoms with Gasteiger partial charge in [-0.25, -0.2) is 8.42 Å². The van der Waals surface area contributed by atoms with Gasteiger partial charge in [0.15, 0.2) is 0 Å². The van der Waals surface area contributed by atoms with Crippen LogP contribution in [0.15, 0.2) is 46.9 Å². The number of amides is 1. The van der Waals surface area contributed by atoms with Crippen LogP contribution in [0.25, 0.3) is 27.9 Å². The van der Waals surface area contributed by atoms with Gasteiger partial charge >= 0.3 is 0 Å². The third kappa shape index (κ3) is 3.84. The number of hydrogen-bond donors (Lipinski definition) is 2. The van der Waals surface area contributed by atoms with Gasteiger partial charge in [-0.1, -0.05) is 35.9 Å². The van der Waals surface area contributed by atoms with Crippen molar-refractivity contribution >= 4 is 38.2 Å². The van der Waals surface area contributed by atoms with Crippen LogP contribution in [0, 0.1) is 6.92 Å². The van der Waals surface area contributed by atoms with E-state index in [2.05, 4.69) is 10.6 Å². The zero-order valence-electron chi connectivity index (χ0n) is 17.9. The predicted molar refractivity (Wildman–Crippen MR) is 124 cm³/mol. The minimum Gasteiger partial charge on any atom is -0.455 e. The first-order chi connectivity index (χ1) is 14.7. The van der Waals surface area contributed by atoms with Crippen LogP contribution in [0.5, 0.6) is 0 Å².